The topological polar surface area (TPSA) is 55.1 Å². The molecule has 1 aliphatic carbocycles. The summed E-state index contributed by atoms with van der Waals surface area (Å²) in [6, 6.07) is 8.00. The zero-order valence-electron chi connectivity index (χ0n) is 10.0. The lowest BCUT2D eigenvalue weighted by atomic mass is 10.1. The molecule has 1 saturated carbocycles. The number of rotatable bonds is 5. The van der Waals surface area contributed by atoms with E-state index in [0.717, 1.165) is 30.7 Å². The molecule has 3 nitrogen and oxygen atoms in total. The number of carbonyl (C=O) groups excluding carboxylic acids is 1. The molecule has 1 amide bonds. The summed E-state index contributed by atoms with van der Waals surface area (Å²) >= 11 is 1.84. The number of amides is 1. The monoisotopic (exact) mass is 250 g/mol. The van der Waals surface area contributed by atoms with E-state index in [-0.39, 0.29) is 5.91 Å². The van der Waals surface area contributed by atoms with Gasteiger partial charge in [-0.3, -0.25) is 4.79 Å². The minimum Gasteiger partial charge on any atom is -0.324 e. The van der Waals surface area contributed by atoms with Crippen LogP contribution in [0.3, 0.4) is 0 Å². The van der Waals surface area contributed by atoms with Crippen LogP contribution < -0.4 is 11.1 Å². The van der Waals surface area contributed by atoms with Crippen molar-refractivity contribution in [1.29, 1.82) is 0 Å². The van der Waals surface area contributed by atoms with Gasteiger partial charge >= 0.3 is 0 Å². The molecule has 17 heavy (non-hydrogen) atoms. The third kappa shape index (κ3) is 3.23. The van der Waals surface area contributed by atoms with Gasteiger partial charge in [-0.1, -0.05) is 12.1 Å². The van der Waals surface area contributed by atoms with Crippen molar-refractivity contribution in [3.05, 3.63) is 29.8 Å². The number of nitrogens with two attached hydrogens (primary N) is 1. The van der Waals surface area contributed by atoms with Crippen molar-refractivity contribution in [3.63, 3.8) is 0 Å². The SMILES string of the molecule is CSCCc1ccc(NC(=O)C2(N)CC2)cc1. The van der Waals surface area contributed by atoms with Crippen LogP contribution in [-0.2, 0) is 11.2 Å². The average Bonchev–Trinajstić information content (AvgIpc) is 3.08. The maximum Gasteiger partial charge on any atom is 0.244 e. The molecule has 0 atom stereocenters. The van der Waals surface area contributed by atoms with Gasteiger partial charge in [0, 0.05) is 5.69 Å². The predicted molar refractivity (Wildman–Crippen MR) is 73.3 cm³/mol. The molecule has 0 heterocycles. The van der Waals surface area contributed by atoms with Crippen LogP contribution in [0.2, 0.25) is 0 Å². The Morgan fingerprint density at radius 1 is 1.41 bits per heavy atom. The molecule has 92 valence electrons. The van der Waals surface area contributed by atoms with Gasteiger partial charge in [-0.15, -0.1) is 0 Å². The lowest BCUT2D eigenvalue weighted by molar-refractivity contribution is -0.118. The van der Waals surface area contributed by atoms with Gasteiger partial charge in [0.15, 0.2) is 0 Å². The van der Waals surface area contributed by atoms with E-state index >= 15 is 0 Å². The van der Waals surface area contributed by atoms with Crippen LogP contribution >= 0.6 is 11.8 Å². The summed E-state index contributed by atoms with van der Waals surface area (Å²) in [4.78, 5) is 11.7. The molecule has 4 heteroatoms. The van der Waals surface area contributed by atoms with E-state index in [9.17, 15) is 4.79 Å². The number of benzene rings is 1. The lowest BCUT2D eigenvalue weighted by Crippen LogP contribution is -2.37. The van der Waals surface area contributed by atoms with Crippen molar-refractivity contribution in [3.8, 4) is 0 Å². The molecule has 3 N–H and O–H groups in total. The largest absolute Gasteiger partial charge is 0.324 e. The van der Waals surface area contributed by atoms with Crippen molar-refractivity contribution in [2.24, 2.45) is 5.73 Å². The van der Waals surface area contributed by atoms with Gasteiger partial charge in [0.25, 0.3) is 0 Å². The standard InChI is InChI=1S/C13H18N2OS/c1-17-9-6-10-2-4-11(5-3-10)15-12(16)13(14)7-8-13/h2-5H,6-9,14H2,1H3,(H,15,16). The fourth-order valence-electron chi connectivity index (χ4n) is 1.59. The van der Waals surface area contributed by atoms with Crippen LogP contribution in [-0.4, -0.2) is 23.5 Å². The van der Waals surface area contributed by atoms with E-state index < -0.39 is 5.54 Å². The molecule has 1 aliphatic rings. The Labute approximate surface area is 106 Å². The molecule has 0 bridgehead atoms. The Morgan fingerprint density at radius 2 is 2.06 bits per heavy atom. The molecule has 1 aromatic carbocycles. The highest BCUT2D eigenvalue weighted by molar-refractivity contribution is 7.98. The van der Waals surface area contributed by atoms with Gasteiger partial charge in [-0.25, -0.2) is 0 Å². The molecule has 0 spiro atoms. The number of hydrogen-bond donors (Lipinski definition) is 2. The molecular formula is C13H18N2OS. The molecule has 0 saturated heterocycles. The summed E-state index contributed by atoms with van der Waals surface area (Å²) in [5.41, 5.74) is 7.35. The first-order valence-corrected chi connectivity index (χ1v) is 7.22. The number of aryl methyl sites for hydroxylation is 1. The van der Waals surface area contributed by atoms with Crippen molar-refractivity contribution < 1.29 is 4.79 Å². The fraction of sp³-hybridized carbons (Fsp3) is 0.462. The summed E-state index contributed by atoms with van der Waals surface area (Å²) in [7, 11) is 0. The Bertz CT molecular complexity index is 398. The molecule has 2 rings (SSSR count). The Balaban J connectivity index is 1.91. The van der Waals surface area contributed by atoms with E-state index in [1.807, 2.05) is 23.9 Å². The molecule has 0 unspecified atom stereocenters. The van der Waals surface area contributed by atoms with Gasteiger partial charge in [-0.05, 0) is 49.0 Å². The average molecular weight is 250 g/mol. The zero-order valence-corrected chi connectivity index (χ0v) is 10.8. The summed E-state index contributed by atoms with van der Waals surface area (Å²) in [5.74, 6) is 1.06. The van der Waals surface area contributed by atoms with Crippen molar-refractivity contribution in [2.75, 3.05) is 17.3 Å². The zero-order chi connectivity index (χ0) is 12.3. The van der Waals surface area contributed by atoms with E-state index in [1.165, 1.54) is 5.56 Å². The van der Waals surface area contributed by atoms with Crippen LogP contribution in [0.15, 0.2) is 24.3 Å². The minimum absolute atomic E-state index is 0.0608. The Morgan fingerprint density at radius 3 is 2.59 bits per heavy atom. The summed E-state index contributed by atoms with van der Waals surface area (Å²) in [6.07, 6.45) is 4.76. The van der Waals surface area contributed by atoms with Crippen molar-refractivity contribution >= 4 is 23.4 Å². The first-order chi connectivity index (χ1) is 8.14. The van der Waals surface area contributed by atoms with Crippen LogP contribution in [0.5, 0.6) is 0 Å². The maximum absolute atomic E-state index is 11.7. The third-order valence-corrected chi connectivity index (χ3v) is 3.66. The summed E-state index contributed by atoms with van der Waals surface area (Å²) in [5, 5.41) is 2.86. The molecule has 1 fully saturated rings. The predicted octanol–water partition coefficient (Wildman–Crippen LogP) is 2.02. The summed E-state index contributed by atoms with van der Waals surface area (Å²) in [6.45, 7) is 0. The third-order valence-electron chi connectivity index (χ3n) is 3.05. The maximum atomic E-state index is 11.7. The van der Waals surface area contributed by atoms with Crippen LogP contribution in [0.4, 0.5) is 5.69 Å². The second-order valence-corrected chi connectivity index (χ2v) is 5.54. The number of carbonyl (C=O) groups is 1. The fourth-order valence-corrected chi connectivity index (χ4v) is 2.03. The quantitative estimate of drug-likeness (QED) is 0.840. The summed E-state index contributed by atoms with van der Waals surface area (Å²) < 4.78 is 0. The van der Waals surface area contributed by atoms with Gasteiger partial charge in [-0.2, -0.15) is 11.8 Å². The van der Waals surface area contributed by atoms with Gasteiger partial charge in [0.05, 0.1) is 5.54 Å². The highest BCUT2D eigenvalue weighted by Gasteiger charge is 2.45. The van der Waals surface area contributed by atoms with Crippen molar-refractivity contribution in [2.45, 2.75) is 24.8 Å². The van der Waals surface area contributed by atoms with Crippen molar-refractivity contribution in [1.82, 2.24) is 0 Å². The van der Waals surface area contributed by atoms with Gasteiger partial charge in [0.2, 0.25) is 5.91 Å². The number of anilines is 1. The van der Waals surface area contributed by atoms with Gasteiger partial charge < -0.3 is 11.1 Å². The Kier molecular flexibility index (Phi) is 3.74. The van der Waals surface area contributed by atoms with Crippen LogP contribution in [0, 0.1) is 0 Å². The van der Waals surface area contributed by atoms with Crippen LogP contribution in [0.25, 0.3) is 0 Å². The van der Waals surface area contributed by atoms with E-state index in [2.05, 4.69) is 23.7 Å². The van der Waals surface area contributed by atoms with Gasteiger partial charge in [0.1, 0.15) is 0 Å². The van der Waals surface area contributed by atoms with E-state index in [4.69, 9.17) is 5.73 Å². The Hall–Kier alpha value is -1.00. The smallest absolute Gasteiger partial charge is 0.244 e. The second-order valence-electron chi connectivity index (χ2n) is 4.55. The van der Waals surface area contributed by atoms with Crippen LogP contribution in [0.1, 0.15) is 18.4 Å². The molecule has 0 radical (unpaired) electrons. The highest BCUT2D eigenvalue weighted by atomic mass is 32.2. The number of hydrogen-bond acceptors (Lipinski definition) is 3. The molecule has 0 aromatic heterocycles. The number of nitrogens with one attached hydrogen (secondary N) is 1. The first-order valence-electron chi connectivity index (χ1n) is 5.82. The number of thioether (sulfide) groups is 1. The molecule has 0 aliphatic heterocycles. The van der Waals surface area contributed by atoms with E-state index in [0.29, 0.717) is 0 Å². The minimum atomic E-state index is -0.600. The molecular weight excluding hydrogens is 232 g/mol. The lowest BCUT2D eigenvalue weighted by Gasteiger charge is -2.10. The van der Waals surface area contributed by atoms with E-state index in [1.54, 1.807) is 0 Å². The first kappa shape index (κ1) is 12.5. The molecule has 1 aromatic rings. The second kappa shape index (κ2) is 5.10. The normalized spacial score (nSPS) is 16.6. The highest BCUT2D eigenvalue weighted by Crippen LogP contribution is 2.33.